The van der Waals surface area contributed by atoms with Crippen LogP contribution in [-0.4, -0.2) is 40.9 Å². The van der Waals surface area contributed by atoms with Gasteiger partial charge in [-0.2, -0.15) is 5.10 Å². The molecule has 8 heteroatoms. The summed E-state index contributed by atoms with van der Waals surface area (Å²) in [6.45, 7) is 3.18. The molecule has 0 spiro atoms. The Morgan fingerprint density at radius 3 is 2.84 bits per heavy atom. The van der Waals surface area contributed by atoms with E-state index < -0.39 is 5.82 Å². The van der Waals surface area contributed by atoms with Crippen LogP contribution in [0.2, 0.25) is 5.02 Å². The van der Waals surface area contributed by atoms with Gasteiger partial charge in [-0.1, -0.05) is 17.7 Å². The van der Waals surface area contributed by atoms with E-state index in [4.69, 9.17) is 22.1 Å². The topological polar surface area (TPSA) is 68.7 Å². The van der Waals surface area contributed by atoms with Crippen LogP contribution in [0, 0.1) is 5.82 Å². The van der Waals surface area contributed by atoms with Gasteiger partial charge in [0.25, 0.3) is 0 Å². The molecule has 0 atom stereocenters. The summed E-state index contributed by atoms with van der Waals surface area (Å²) in [5.74, 6) is -0.515. The zero-order chi connectivity index (χ0) is 17.4. The zero-order valence-electron chi connectivity index (χ0n) is 13.5. The van der Waals surface area contributed by atoms with Crippen molar-refractivity contribution in [1.29, 1.82) is 0 Å². The van der Waals surface area contributed by atoms with Gasteiger partial charge in [-0.25, -0.2) is 13.9 Å². The van der Waals surface area contributed by atoms with Crippen LogP contribution in [0.5, 0.6) is 0 Å². The number of hydrogen-bond acceptors (Lipinski definition) is 5. The SMILES string of the molecule is NCc1ccc(-c2ncnn3cc(N4CCOCC4)cc23)c(F)c1Cl. The fraction of sp³-hybridized carbons (Fsp3) is 0.294. The second kappa shape index (κ2) is 6.59. The zero-order valence-corrected chi connectivity index (χ0v) is 14.2. The second-order valence-corrected chi connectivity index (χ2v) is 6.22. The number of ether oxygens (including phenoxy) is 1. The minimum Gasteiger partial charge on any atom is -0.378 e. The lowest BCUT2D eigenvalue weighted by Gasteiger charge is -2.27. The van der Waals surface area contributed by atoms with Crippen molar-refractivity contribution >= 4 is 22.8 Å². The van der Waals surface area contributed by atoms with Crippen molar-refractivity contribution < 1.29 is 9.13 Å². The third-order valence-corrected chi connectivity index (χ3v) is 4.81. The van der Waals surface area contributed by atoms with E-state index in [0.29, 0.717) is 30.0 Å². The summed E-state index contributed by atoms with van der Waals surface area (Å²) < 4.78 is 21.8. The molecule has 0 radical (unpaired) electrons. The number of nitrogens with two attached hydrogens (primary N) is 1. The molecule has 2 N–H and O–H groups in total. The molecule has 1 fully saturated rings. The quantitative estimate of drug-likeness (QED) is 0.776. The third-order valence-electron chi connectivity index (χ3n) is 4.41. The molecule has 4 rings (SSSR count). The number of rotatable bonds is 3. The van der Waals surface area contributed by atoms with E-state index in [-0.39, 0.29) is 11.6 Å². The van der Waals surface area contributed by atoms with Crippen LogP contribution in [0.1, 0.15) is 5.56 Å². The maximum Gasteiger partial charge on any atom is 0.151 e. The normalized spacial score (nSPS) is 15.1. The minimum absolute atomic E-state index is 0.0386. The number of benzene rings is 1. The molecule has 1 aliphatic heterocycles. The highest BCUT2D eigenvalue weighted by atomic mass is 35.5. The number of fused-ring (bicyclic) bond motifs is 1. The summed E-state index contributed by atoms with van der Waals surface area (Å²) in [5.41, 5.74) is 8.72. The average Bonchev–Trinajstić information content (AvgIpc) is 3.09. The smallest absolute Gasteiger partial charge is 0.151 e. The van der Waals surface area contributed by atoms with E-state index in [0.717, 1.165) is 24.3 Å². The van der Waals surface area contributed by atoms with Crippen molar-refractivity contribution in [3.05, 3.63) is 47.1 Å². The van der Waals surface area contributed by atoms with Gasteiger partial charge in [0, 0.05) is 25.2 Å². The summed E-state index contributed by atoms with van der Waals surface area (Å²) in [6, 6.07) is 5.35. The van der Waals surface area contributed by atoms with Crippen molar-refractivity contribution in [3.8, 4) is 11.3 Å². The van der Waals surface area contributed by atoms with Gasteiger partial charge >= 0.3 is 0 Å². The molecule has 25 heavy (non-hydrogen) atoms. The molecule has 2 aromatic heterocycles. The van der Waals surface area contributed by atoms with Crippen LogP contribution in [0.25, 0.3) is 16.8 Å². The molecule has 6 nitrogen and oxygen atoms in total. The Hall–Kier alpha value is -2.22. The van der Waals surface area contributed by atoms with Gasteiger partial charge in [-0.05, 0) is 17.7 Å². The van der Waals surface area contributed by atoms with Gasteiger partial charge in [0.1, 0.15) is 12.0 Å². The van der Waals surface area contributed by atoms with Crippen molar-refractivity contribution in [2.24, 2.45) is 5.73 Å². The van der Waals surface area contributed by atoms with Crippen LogP contribution in [0.4, 0.5) is 10.1 Å². The van der Waals surface area contributed by atoms with E-state index in [9.17, 15) is 4.39 Å². The fourth-order valence-corrected chi connectivity index (χ4v) is 3.29. The Morgan fingerprint density at radius 1 is 1.28 bits per heavy atom. The lowest BCUT2D eigenvalue weighted by atomic mass is 10.1. The van der Waals surface area contributed by atoms with Crippen LogP contribution >= 0.6 is 11.6 Å². The first-order valence-corrected chi connectivity index (χ1v) is 8.40. The molecular weight excluding hydrogens is 345 g/mol. The van der Waals surface area contributed by atoms with Crippen LogP contribution in [0.15, 0.2) is 30.7 Å². The van der Waals surface area contributed by atoms with E-state index >= 15 is 0 Å². The Balaban J connectivity index is 1.83. The molecule has 0 aliphatic carbocycles. The second-order valence-electron chi connectivity index (χ2n) is 5.84. The maximum atomic E-state index is 14.7. The molecule has 3 heterocycles. The van der Waals surface area contributed by atoms with E-state index in [1.54, 1.807) is 16.6 Å². The van der Waals surface area contributed by atoms with Crippen molar-refractivity contribution in [1.82, 2.24) is 14.6 Å². The van der Waals surface area contributed by atoms with Crippen molar-refractivity contribution in [2.75, 3.05) is 31.2 Å². The Bertz CT molecular complexity index is 923. The summed E-state index contributed by atoms with van der Waals surface area (Å²) >= 11 is 6.10. The maximum absolute atomic E-state index is 14.7. The summed E-state index contributed by atoms with van der Waals surface area (Å²) in [7, 11) is 0. The molecule has 3 aromatic rings. The number of hydrogen-bond donors (Lipinski definition) is 1. The van der Waals surface area contributed by atoms with Crippen molar-refractivity contribution in [2.45, 2.75) is 6.54 Å². The first-order chi connectivity index (χ1) is 12.2. The van der Waals surface area contributed by atoms with Crippen LogP contribution in [0.3, 0.4) is 0 Å². The monoisotopic (exact) mass is 361 g/mol. The van der Waals surface area contributed by atoms with Gasteiger partial charge in [0.15, 0.2) is 5.82 Å². The van der Waals surface area contributed by atoms with Gasteiger partial charge in [0.05, 0.1) is 35.6 Å². The third kappa shape index (κ3) is 2.84. The fourth-order valence-electron chi connectivity index (χ4n) is 3.05. The molecule has 0 unspecified atom stereocenters. The predicted octanol–water partition coefficient (Wildman–Crippen LogP) is 2.48. The van der Waals surface area contributed by atoms with E-state index in [1.165, 1.54) is 6.33 Å². The number of nitrogens with zero attached hydrogens (tertiary/aromatic N) is 4. The Morgan fingerprint density at radius 2 is 2.08 bits per heavy atom. The summed E-state index contributed by atoms with van der Waals surface area (Å²) in [4.78, 5) is 6.50. The van der Waals surface area contributed by atoms with Crippen LogP contribution < -0.4 is 10.6 Å². The highest BCUT2D eigenvalue weighted by molar-refractivity contribution is 6.31. The van der Waals surface area contributed by atoms with Gasteiger partial charge in [0.2, 0.25) is 0 Å². The molecule has 1 aliphatic rings. The lowest BCUT2D eigenvalue weighted by Crippen LogP contribution is -2.35. The number of halogens is 2. The number of aromatic nitrogens is 3. The highest BCUT2D eigenvalue weighted by Gasteiger charge is 2.19. The first kappa shape index (κ1) is 16.3. The Labute approximate surface area is 149 Å². The molecule has 0 bridgehead atoms. The van der Waals surface area contributed by atoms with Crippen molar-refractivity contribution in [3.63, 3.8) is 0 Å². The van der Waals surface area contributed by atoms with E-state index in [1.807, 2.05) is 12.3 Å². The highest BCUT2D eigenvalue weighted by Crippen LogP contribution is 2.32. The number of anilines is 1. The van der Waals surface area contributed by atoms with Gasteiger partial charge in [-0.15, -0.1) is 0 Å². The molecule has 0 amide bonds. The molecular formula is C17H17ClFN5O. The number of morpholine rings is 1. The minimum atomic E-state index is -0.515. The summed E-state index contributed by atoms with van der Waals surface area (Å²) in [5, 5.41) is 4.28. The standard InChI is InChI=1S/C17H17ClFN5O/c18-15-11(8-20)1-2-13(16(15)19)17-14-7-12(9-24(14)22-10-21-17)23-3-5-25-6-4-23/h1-2,7,9-10H,3-6,8,20H2. The van der Waals surface area contributed by atoms with Crippen LogP contribution in [-0.2, 0) is 11.3 Å². The Kier molecular flexibility index (Phi) is 4.29. The van der Waals surface area contributed by atoms with E-state index in [2.05, 4.69) is 15.0 Å². The summed E-state index contributed by atoms with van der Waals surface area (Å²) in [6.07, 6.45) is 3.33. The lowest BCUT2D eigenvalue weighted by molar-refractivity contribution is 0.122. The molecule has 1 saturated heterocycles. The van der Waals surface area contributed by atoms with Gasteiger partial charge in [-0.3, -0.25) is 0 Å². The average molecular weight is 362 g/mol. The predicted molar refractivity (Wildman–Crippen MR) is 94.3 cm³/mol. The molecule has 1 aromatic carbocycles. The first-order valence-electron chi connectivity index (χ1n) is 8.02. The molecule has 130 valence electrons. The largest absolute Gasteiger partial charge is 0.378 e. The molecule has 0 saturated carbocycles. The van der Waals surface area contributed by atoms with Gasteiger partial charge < -0.3 is 15.4 Å².